The highest BCUT2D eigenvalue weighted by atomic mass is 19.4. The molecule has 0 aromatic heterocycles. The van der Waals surface area contributed by atoms with E-state index in [1.807, 2.05) is 31.3 Å². The van der Waals surface area contributed by atoms with E-state index in [4.69, 9.17) is 0 Å². The molecule has 2 N–H and O–H groups in total. The van der Waals surface area contributed by atoms with Crippen molar-refractivity contribution in [3.05, 3.63) is 95.6 Å². The summed E-state index contributed by atoms with van der Waals surface area (Å²) in [5.41, 5.74) is 3.41. The molecule has 1 aliphatic heterocycles. The van der Waals surface area contributed by atoms with Crippen molar-refractivity contribution in [2.24, 2.45) is 5.92 Å². The number of halogens is 5. The van der Waals surface area contributed by atoms with E-state index >= 15 is 0 Å². The summed E-state index contributed by atoms with van der Waals surface area (Å²) < 4.78 is 63.7. The van der Waals surface area contributed by atoms with Crippen LogP contribution in [0.5, 0.6) is 0 Å². The first-order valence-corrected chi connectivity index (χ1v) is 15.2. The zero-order valence-corrected chi connectivity index (χ0v) is 25.3. The fourth-order valence-corrected chi connectivity index (χ4v) is 5.03. The topological polar surface area (TPSA) is 61.4 Å². The molecule has 2 amide bonds. The summed E-state index contributed by atoms with van der Waals surface area (Å²) in [4.78, 5) is 25.2. The Labute approximate surface area is 260 Å². The fourth-order valence-electron chi connectivity index (χ4n) is 5.03. The lowest BCUT2D eigenvalue weighted by molar-refractivity contribution is -0.142. The number of alkyl halides is 3. The molecule has 3 fully saturated rings. The molecule has 10 heteroatoms. The van der Waals surface area contributed by atoms with Gasteiger partial charge in [0.1, 0.15) is 17.2 Å². The largest absolute Gasteiger partial charge is 0.422 e. The van der Waals surface area contributed by atoms with Gasteiger partial charge in [-0.2, -0.15) is 13.2 Å². The number of nitrogens with zero attached hydrogens (tertiary/aromatic N) is 1. The van der Waals surface area contributed by atoms with Gasteiger partial charge in [-0.15, -0.1) is 0 Å². The summed E-state index contributed by atoms with van der Waals surface area (Å²) >= 11 is 0. The van der Waals surface area contributed by atoms with Crippen molar-refractivity contribution < 1.29 is 31.5 Å². The first kappa shape index (κ1) is 33.7. The number of urea groups is 1. The molecule has 45 heavy (non-hydrogen) atoms. The van der Waals surface area contributed by atoms with E-state index in [1.165, 1.54) is 41.7 Å². The number of ketones is 1. The monoisotopic (exact) mass is 627 g/mol. The highest BCUT2D eigenvalue weighted by Crippen LogP contribution is 2.35. The second-order valence-electron chi connectivity index (χ2n) is 11.4. The van der Waals surface area contributed by atoms with Crippen molar-refractivity contribution in [1.82, 2.24) is 4.90 Å². The number of benzene rings is 3. The number of amides is 2. The Morgan fingerprint density at radius 3 is 1.71 bits per heavy atom. The molecule has 5 nitrogen and oxygen atoms in total. The summed E-state index contributed by atoms with van der Waals surface area (Å²) in [5, 5.41) is 5.29. The fraction of sp³-hybridized carbons (Fsp3) is 0.371. The first-order valence-electron chi connectivity index (χ1n) is 15.2. The first-order chi connectivity index (χ1) is 21.5. The summed E-state index contributed by atoms with van der Waals surface area (Å²) in [6, 6.07) is 16.6. The van der Waals surface area contributed by atoms with E-state index in [-0.39, 0.29) is 11.6 Å². The van der Waals surface area contributed by atoms with Crippen LogP contribution in [0.1, 0.15) is 67.3 Å². The average molecular weight is 628 g/mol. The molecule has 3 aromatic rings. The van der Waals surface area contributed by atoms with Gasteiger partial charge in [0, 0.05) is 43.0 Å². The van der Waals surface area contributed by atoms with Crippen LogP contribution in [0.25, 0.3) is 11.1 Å². The molecular weight excluding hydrogens is 589 g/mol. The van der Waals surface area contributed by atoms with Crippen LogP contribution in [0.15, 0.2) is 72.8 Å². The molecule has 2 saturated carbocycles. The molecule has 240 valence electrons. The lowest BCUT2D eigenvalue weighted by Gasteiger charge is -2.23. The van der Waals surface area contributed by atoms with E-state index in [1.54, 1.807) is 0 Å². The van der Waals surface area contributed by atoms with E-state index < -0.39 is 29.4 Å². The van der Waals surface area contributed by atoms with Crippen molar-refractivity contribution in [2.45, 2.75) is 57.5 Å². The maximum Gasteiger partial charge on any atom is 0.422 e. The predicted octanol–water partition coefficient (Wildman–Crippen LogP) is 9.72. The van der Waals surface area contributed by atoms with E-state index in [0.29, 0.717) is 31.0 Å². The quantitative estimate of drug-likeness (QED) is 0.168. The number of hydrogen-bond donors (Lipinski definition) is 2. The highest BCUT2D eigenvalue weighted by molar-refractivity contribution is 5.98. The van der Waals surface area contributed by atoms with Gasteiger partial charge in [-0.25, -0.2) is 13.6 Å². The van der Waals surface area contributed by atoms with Gasteiger partial charge in [0.2, 0.25) is 0 Å². The summed E-state index contributed by atoms with van der Waals surface area (Å²) in [6.07, 6.45) is 3.82. The highest BCUT2D eigenvalue weighted by Gasteiger charge is 2.38. The lowest BCUT2D eigenvalue weighted by Crippen LogP contribution is -2.32. The number of likely N-dealkylation sites (tertiary alicyclic amines) is 1. The molecule has 1 heterocycles. The van der Waals surface area contributed by atoms with Crippen LogP contribution in [-0.4, -0.2) is 36.9 Å². The SMILES string of the molecule is C=C1CCC1.CNc1ccc(-c2ccc(C(=O)C3CCC3)cc2)cc1.O=C(Nc1cc(F)c(C(F)(F)F)c(F)c1)N1CCCC1. The number of carbonyl (C=O) groups excluding carboxylic acids is 2. The van der Waals surface area contributed by atoms with Gasteiger partial charge in [0.15, 0.2) is 5.78 Å². The number of nitrogens with one attached hydrogen (secondary N) is 2. The smallest absolute Gasteiger partial charge is 0.388 e. The normalized spacial score (nSPS) is 15.9. The third-order valence-corrected chi connectivity index (χ3v) is 8.18. The number of rotatable bonds is 5. The lowest BCUT2D eigenvalue weighted by atomic mass is 9.80. The molecule has 0 radical (unpaired) electrons. The molecule has 1 saturated heterocycles. The maximum absolute atomic E-state index is 13.3. The van der Waals surface area contributed by atoms with Crippen LogP contribution in [-0.2, 0) is 6.18 Å². The van der Waals surface area contributed by atoms with Crippen LogP contribution in [0.2, 0.25) is 0 Å². The second kappa shape index (κ2) is 15.2. The van der Waals surface area contributed by atoms with E-state index in [0.717, 1.165) is 42.5 Å². The van der Waals surface area contributed by atoms with Gasteiger partial charge in [0.25, 0.3) is 0 Å². The Bertz CT molecular complexity index is 1450. The molecule has 0 spiro atoms. The molecule has 3 aromatic carbocycles. The van der Waals surface area contributed by atoms with Crippen LogP contribution >= 0.6 is 0 Å². The minimum absolute atomic E-state index is 0.274. The third kappa shape index (κ3) is 9.15. The Morgan fingerprint density at radius 1 is 0.800 bits per heavy atom. The molecule has 0 bridgehead atoms. The Kier molecular flexibility index (Phi) is 11.4. The molecule has 3 aliphatic rings. The van der Waals surface area contributed by atoms with Crippen LogP contribution in [0.3, 0.4) is 0 Å². The standard InChI is InChI=1S/C18H19NO.C12H11F5N2O.C5H8/c1-19-17-11-9-14(10-12-17)13-5-7-16(8-6-13)18(20)15-3-2-4-15;13-8-5-7(6-9(14)10(8)12(15,16)17)18-11(20)19-3-1-2-4-19;1-5-3-2-4-5/h5-12,15,19H,2-4H2,1H3;5-6H,1-4H2,(H,18,20);1-4H2. The molecular formula is C35H38F5N3O2. The van der Waals surface area contributed by atoms with Crippen molar-refractivity contribution in [3.8, 4) is 11.1 Å². The van der Waals surface area contributed by atoms with Crippen LogP contribution in [0, 0.1) is 17.6 Å². The van der Waals surface area contributed by atoms with Crippen LogP contribution < -0.4 is 10.6 Å². The summed E-state index contributed by atoms with van der Waals surface area (Å²) in [5.74, 6) is -2.92. The van der Waals surface area contributed by atoms with Crippen molar-refractivity contribution in [2.75, 3.05) is 30.8 Å². The Morgan fingerprint density at radius 2 is 1.31 bits per heavy atom. The third-order valence-electron chi connectivity index (χ3n) is 8.18. The van der Waals surface area contributed by atoms with Crippen molar-refractivity contribution in [3.63, 3.8) is 0 Å². The molecule has 0 unspecified atom stereocenters. The Hall–Kier alpha value is -4.21. The molecule has 6 rings (SSSR count). The van der Waals surface area contributed by atoms with Crippen molar-refractivity contribution in [1.29, 1.82) is 0 Å². The number of allylic oxidation sites excluding steroid dienone is 1. The van der Waals surface area contributed by atoms with Gasteiger partial charge in [-0.3, -0.25) is 4.79 Å². The predicted molar refractivity (Wildman–Crippen MR) is 167 cm³/mol. The van der Waals surface area contributed by atoms with Gasteiger partial charge < -0.3 is 15.5 Å². The van der Waals surface area contributed by atoms with Gasteiger partial charge >= 0.3 is 12.2 Å². The zero-order chi connectivity index (χ0) is 32.6. The maximum atomic E-state index is 13.3. The summed E-state index contributed by atoms with van der Waals surface area (Å²) in [6.45, 7) is 4.78. The van der Waals surface area contributed by atoms with Gasteiger partial charge in [0.05, 0.1) is 0 Å². The molecule has 2 aliphatic carbocycles. The number of carbonyl (C=O) groups is 2. The van der Waals surface area contributed by atoms with E-state index in [9.17, 15) is 31.5 Å². The molecule has 0 atom stereocenters. The second-order valence-corrected chi connectivity index (χ2v) is 11.4. The summed E-state index contributed by atoms with van der Waals surface area (Å²) in [7, 11) is 1.91. The zero-order valence-electron chi connectivity index (χ0n) is 25.3. The minimum Gasteiger partial charge on any atom is -0.388 e. The van der Waals surface area contributed by atoms with Crippen molar-refractivity contribution >= 4 is 23.2 Å². The number of hydrogen-bond acceptors (Lipinski definition) is 3. The average Bonchev–Trinajstić information content (AvgIpc) is 3.50. The van der Waals surface area contributed by atoms with E-state index in [2.05, 4.69) is 41.5 Å². The number of anilines is 2. The number of Topliss-reactive ketones (excluding diaryl/α,β-unsaturated/α-hetero) is 1. The minimum atomic E-state index is -5.12. The van der Waals surface area contributed by atoms with Gasteiger partial charge in [-0.05, 0) is 80.3 Å². The van der Waals surface area contributed by atoms with Gasteiger partial charge in [-0.1, -0.05) is 55.0 Å². The Balaban J connectivity index is 0.000000177. The van der Waals surface area contributed by atoms with Crippen LogP contribution in [0.4, 0.5) is 38.1 Å².